The molecule has 0 saturated carbocycles. The van der Waals surface area contributed by atoms with Crippen LogP contribution in [0.5, 0.6) is 0 Å². The van der Waals surface area contributed by atoms with E-state index in [2.05, 4.69) is 5.32 Å². The van der Waals surface area contributed by atoms with Gasteiger partial charge in [-0.3, -0.25) is 4.79 Å². The Morgan fingerprint density at radius 3 is 2.45 bits per heavy atom. The molecule has 120 valence electrons. The number of aliphatic carboxylic acids is 1. The summed E-state index contributed by atoms with van der Waals surface area (Å²) in [7, 11) is 0. The number of carbonyl (C=O) groups is 3. The summed E-state index contributed by atoms with van der Waals surface area (Å²) in [5.74, 6) is -1.70. The average molecular weight is 325 g/mol. The van der Waals surface area contributed by atoms with Gasteiger partial charge in [0.15, 0.2) is 0 Å². The zero-order valence-electron chi connectivity index (χ0n) is 12.5. The molecule has 0 aliphatic rings. The molecule has 1 atom stereocenters. The number of benzene rings is 1. The highest BCUT2D eigenvalue weighted by atomic mass is 32.2. The summed E-state index contributed by atoms with van der Waals surface area (Å²) in [4.78, 5) is 35.3. The fourth-order valence-corrected chi connectivity index (χ4v) is 2.27. The molecule has 0 fully saturated rings. The molecule has 22 heavy (non-hydrogen) atoms. The highest BCUT2D eigenvalue weighted by Crippen LogP contribution is 2.11. The number of carboxylic acid groups (broad SMARTS) is 1. The number of hydrogen-bond acceptors (Lipinski definition) is 5. The van der Waals surface area contributed by atoms with Gasteiger partial charge < -0.3 is 15.2 Å². The van der Waals surface area contributed by atoms with Crippen LogP contribution in [-0.2, 0) is 9.53 Å². The smallest absolute Gasteiger partial charge is 0.338 e. The second-order valence-electron chi connectivity index (χ2n) is 4.41. The molecular weight excluding hydrogens is 306 g/mol. The standard InChI is InChI=1S/C15H19NO5S/c1-3-21-15(20)11-7-5-4-6-10(11)13(17)16-12(14(18)19)8-9-22-2/h4-7,12H,3,8-9H2,1-2H3,(H,16,17)(H,18,19). The maximum absolute atomic E-state index is 12.3. The van der Waals surface area contributed by atoms with Crippen molar-refractivity contribution in [1.29, 1.82) is 0 Å². The molecular formula is C15H19NO5S. The van der Waals surface area contributed by atoms with E-state index < -0.39 is 23.9 Å². The predicted octanol–water partition coefficient (Wildman–Crippen LogP) is 1.80. The first kappa shape index (κ1) is 18.0. The van der Waals surface area contributed by atoms with E-state index in [1.54, 1.807) is 19.1 Å². The number of thioether (sulfide) groups is 1. The number of esters is 1. The van der Waals surface area contributed by atoms with Crippen LogP contribution in [0.15, 0.2) is 24.3 Å². The summed E-state index contributed by atoms with van der Waals surface area (Å²) in [5, 5.41) is 11.6. The van der Waals surface area contributed by atoms with Gasteiger partial charge in [0.2, 0.25) is 0 Å². The van der Waals surface area contributed by atoms with E-state index in [1.807, 2.05) is 6.26 Å². The third-order valence-electron chi connectivity index (χ3n) is 2.88. The van der Waals surface area contributed by atoms with E-state index in [0.717, 1.165) is 0 Å². The second kappa shape index (κ2) is 9.09. The van der Waals surface area contributed by atoms with Crippen LogP contribution in [0, 0.1) is 0 Å². The lowest BCUT2D eigenvalue weighted by Gasteiger charge is -2.15. The average Bonchev–Trinajstić information content (AvgIpc) is 2.51. The predicted molar refractivity (Wildman–Crippen MR) is 84.3 cm³/mol. The molecule has 0 aliphatic heterocycles. The molecule has 6 nitrogen and oxygen atoms in total. The van der Waals surface area contributed by atoms with Gasteiger partial charge in [0.1, 0.15) is 6.04 Å². The molecule has 0 saturated heterocycles. The van der Waals surface area contributed by atoms with Crippen LogP contribution in [0.25, 0.3) is 0 Å². The van der Waals surface area contributed by atoms with Gasteiger partial charge in [0.25, 0.3) is 5.91 Å². The molecule has 0 aromatic heterocycles. The van der Waals surface area contributed by atoms with E-state index in [9.17, 15) is 14.4 Å². The number of nitrogens with one attached hydrogen (secondary N) is 1. The van der Waals surface area contributed by atoms with E-state index in [-0.39, 0.29) is 17.7 Å². The zero-order chi connectivity index (χ0) is 16.5. The molecule has 0 bridgehead atoms. The van der Waals surface area contributed by atoms with Gasteiger partial charge in [-0.15, -0.1) is 0 Å². The first-order chi connectivity index (χ1) is 10.5. The van der Waals surface area contributed by atoms with Crippen molar-refractivity contribution in [3.8, 4) is 0 Å². The summed E-state index contributed by atoms with van der Waals surface area (Å²) in [5.41, 5.74) is 0.229. The Bertz CT molecular complexity index is 546. The van der Waals surface area contributed by atoms with Gasteiger partial charge in [-0.25, -0.2) is 9.59 Å². The molecule has 2 N–H and O–H groups in total. The fraction of sp³-hybridized carbons (Fsp3) is 0.400. The summed E-state index contributed by atoms with van der Waals surface area (Å²) in [6.45, 7) is 1.86. The topological polar surface area (TPSA) is 92.7 Å². The molecule has 7 heteroatoms. The van der Waals surface area contributed by atoms with Gasteiger partial charge >= 0.3 is 11.9 Å². The van der Waals surface area contributed by atoms with Crippen LogP contribution in [0.2, 0.25) is 0 Å². The van der Waals surface area contributed by atoms with Crippen molar-refractivity contribution in [2.45, 2.75) is 19.4 Å². The minimum atomic E-state index is -1.10. The molecule has 1 aromatic carbocycles. The van der Waals surface area contributed by atoms with Gasteiger partial charge in [-0.05, 0) is 37.5 Å². The number of carbonyl (C=O) groups excluding carboxylic acids is 2. The van der Waals surface area contributed by atoms with Gasteiger partial charge in [-0.2, -0.15) is 11.8 Å². The van der Waals surface area contributed by atoms with Crippen LogP contribution in [0.1, 0.15) is 34.1 Å². The van der Waals surface area contributed by atoms with Gasteiger partial charge in [0, 0.05) is 0 Å². The first-order valence-corrected chi connectivity index (χ1v) is 8.19. The lowest BCUT2D eigenvalue weighted by atomic mass is 10.1. The maximum atomic E-state index is 12.3. The number of ether oxygens (including phenoxy) is 1. The molecule has 1 amide bonds. The van der Waals surface area contributed by atoms with Crippen LogP contribution >= 0.6 is 11.8 Å². The van der Waals surface area contributed by atoms with Gasteiger partial charge in [0.05, 0.1) is 17.7 Å². The van der Waals surface area contributed by atoms with Crippen molar-refractivity contribution < 1.29 is 24.2 Å². The summed E-state index contributed by atoms with van der Waals surface area (Å²) in [6.07, 6.45) is 2.17. The van der Waals surface area contributed by atoms with Crippen LogP contribution in [0.4, 0.5) is 0 Å². The maximum Gasteiger partial charge on any atom is 0.338 e. The van der Waals surface area contributed by atoms with Crippen molar-refractivity contribution in [1.82, 2.24) is 5.32 Å². The Morgan fingerprint density at radius 2 is 1.91 bits per heavy atom. The van der Waals surface area contributed by atoms with Crippen molar-refractivity contribution in [3.05, 3.63) is 35.4 Å². The number of amides is 1. The van der Waals surface area contributed by atoms with Crippen molar-refractivity contribution in [3.63, 3.8) is 0 Å². The molecule has 0 radical (unpaired) electrons. The lowest BCUT2D eigenvalue weighted by Crippen LogP contribution is -2.41. The second-order valence-corrected chi connectivity index (χ2v) is 5.40. The fourth-order valence-electron chi connectivity index (χ4n) is 1.80. The van der Waals surface area contributed by atoms with E-state index in [1.165, 1.54) is 23.9 Å². The Kier molecular flexibility index (Phi) is 7.45. The van der Waals surface area contributed by atoms with E-state index >= 15 is 0 Å². The first-order valence-electron chi connectivity index (χ1n) is 6.80. The SMILES string of the molecule is CCOC(=O)c1ccccc1C(=O)NC(CCSC)C(=O)O. The van der Waals surface area contributed by atoms with E-state index in [0.29, 0.717) is 12.2 Å². The Morgan fingerprint density at radius 1 is 1.27 bits per heavy atom. The quantitative estimate of drug-likeness (QED) is 0.708. The summed E-state index contributed by atoms with van der Waals surface area (Å²) >= 11 is 1.50. The van der Waals surface area contributed by atoms with Crippen LogP contribution < -0.4 is 5.32 Å². The molecule has 0 spiro atoms. The van der Waals surface area contributed by atoms with Crippen LogP contribution in [0.3, 0.4) is 0 Å². The summed E-state index contributed by atoms with van der Waals surface area (Å²) < 4.78 is 4.90. The molecule has 0 aliphatic carbocycles. The Balaban J connectivity index is 2.92. The van der Waals surface area contributed by atoms with Crippen molar-refractivity contribution in [2.75, 3.05) is 18.6 Å². The molecule has 0 heterocycles. The third-order valence-corrected chi connectivity index (χ3v) is 3.53. The van der Waals surface area contributed by atoms with E-state index in [4.69, 9.17) is 9.84 Å². The number of carboxylic acids is 1. The highest BCUT2D eigenvalue weighted by molar-refractivity contribution is 7.98. The van der Waals surface area contributed by atoms with Crippen molar-refractivity contribution >= 4 is 29.6 Å². The van der Waals surface area contributed by atoms with Gasteiger partial charge in [-0.1, -0.05) is 12.1 Å². The molecule has 1 unspecified atom stereocenters. The van der Waals surface area contributed by atoms with Crippen LogP contribution in [-0.4, -0.2) is 47.6 Å². The van der Waals surface area contributed by atoms with Crippen molar-refractivity contribution in [2.24, 2.45) is 0 Å². The molecule has 1 aromatic rings. The highest BCUT2D eigenvalue weighted by Gasteiger charge is 2.23. The minimum Gasteiger partial charge on any atom is -0.480 e. The Hall–Kier alpha value is -2.02. The zero-order valence-corrected chi connectivity index (χ0v) is 13.3. The monoisotopic (exact) mass is 325 g/mol. The summed E-state index contributed by atoms with van der Waals surface area (Å²) in [6, 6.07) is 5.18. The lowest BCUT2D eigenvalue weighted by molar-refractivity contribution is -0.139. The Labute approximate surface area is 133 Å². The normalized spacial score (nSPS) is 11.5. The largest absolute Gasteiger partial charge is 0.480 e. The number of hydrogen-bond donors (Lipinski definition) is 2. The molecule has 1 rings (SSSR count). The minimum absolute atomic E-state index is 0.108. The number of rotatable bonds is 8. The third kappa shape index (κ3) is 5.07.